The van der Waals surface area contributed by atoms with Crippen molar-refractivity contribution in [3.05, 3.63) is 111 Å². The van der Waals surface area contributed by atoms with Crippen LogP contribution in [0.15, 0.2) is 89.1 Å². The van der Waals surface area contributed by atoms with Gasteiger partial charge in [-0.25, -0.2) is 9.59 Å². The summed E-state index contributed by atoms with van der Waals surface area (Å²) in [6.07, 6.45) is 8.66. The Morgan fingerprint density at radius 3 is 2.14 bits per heavy atom. The molecule has 1 fully saturated rings. The van der Waals surface area contributed by atoms with Gasteiger partial charge in [0.2, 0.25) is 6.10 Å². The maximum atomic E-state index is 14.0. The van der Waals surface area contributed by atoms with E-state index in [1.807, 2.05) is 0 Å². The number of aromatic hydroxyl groups is 1. The minimum absolute atomic E-state index is 0.00717. The zero-order valence-electron chi connectivity index (χ0n) is 39.0. The Kier molecular flexibility index (Phi) is 18.7. The lowest BCUT2D eigenvalue weighted by atomic mass is 9.98. The molecular weight excluding hydrogens is 964 g/mol. The number of phenolic OH excluding ortho intramolecular Hbond substituents is 1. The van der Waals surface area contributed by atoms with Gasteiger partial charge >= 0.3 is 23.2 Å². The number of ether oxygens (including phenoxy) is 2. The summed E-state index contributed by atoms with van der Waals surface area (Å²) in [5.41, 5.74) is -0.373. The monoisotopic (exact) mass is 1020 g/mol. The number of aryl methyl sites for hydroxylation is 1. The molecule has 2 atom stereocenters. The Morgan fingerprint density at radius 1 is 0.814 bits per heavy atom. The summed E-state index contributed by atoms with van der Waals surface area (Å²) in [6.45, 7) is 5.82. The number of rotatable bonds is 26. The molecule has 1 amide bonds. The quantitative estimate of drug-likeness (QED) is 0.00996. The fourth-order valence-electron chi connectivity index (χ4n) is 7.46. The SMILES string of the molecule is CCCCCCCCCCCCOC(=O)c1cc(NC(=O)C(Oc2ccc(C)c(NS(=O)Oc3cc(N=Nc4cc(C(=O)O)cc(C(O)O)c4)c4ccccc4c3O)c2)C(=O)C2(C)CC2)c(Cl)cc1Cl. The number of aliphatic hydroxyl groups excluding tert-OH is 1. The van der Waals surface area contributed by atoms with E-state index in [9.17, 15) is 43.8 Å². The molecule has 6 rings (SSSR count). The standard InChI is InChI=1S/C51H56Cl2N4O12S/c1-4-5-6-7-8-9-10-11-12-15-22-67-50(65)37-27-42(39(53)28-38(37)52)54-47(60)45(46(59)51(3)20-21-51)68-34-19-18-30(2)40(26-34)57-70(66)69-43-29-41(35-16-13-14-17-36(35)44(43)58)56-55-33-24-31(48(61)62)23-32(25-33)49(63)64/h13-14,16-19,23-29,45,48,57-58,61-62H,4-12,15,20-22H2,1-3H3,(H,54,60)(H,63,64). The van der Waals surface area contributed by atoms with Crippen molar-refractivity contribution in [3.8, 4) is 17.2 Å². The summed E-state index contributed by atoms with van der Waals surface area (Å²) < 4.78 is 33.6. The number of amides is 1. The number of aromatic carboxylic acids is 1. The second kappa shape index (κ2) is 24.6. The number of anilines is 2. The lowest BCUT2D eigenvalue weighted by molar-refractivity contribution is -0.138. The van der Waals surface area contributed by atoms with Crippen molar-refractivity contribution in [2.24, 2.45) is 15.6 Å². The van der Waals surface area contributed by atoms with Crippen molar-refractivity contribution >= 4 is 91.6 Å². The number of halogens is 2. The normalized spacial score (nSPS) is 13.8. The number of azo groups is 1. The van der Waals surface area contributed by atoms with E-state index in [0.29, 0.717) is 30.2 Å². The van der Waals surface area contributed by atoms with Crippen molar-refractivity contribution in [2.45, 2.75) is 110 Å². The molecule has 70 heavy (non-hydrogen) atoms. The fourth-order valence-corrected chi connectivity index (χ4v) is 8.70. The van der Waals surface area contributed by atoms with Crippen molar-refractivity contribution in [1.82, 2.24) is 0 Å². The van der Waals surface area contributed by atoms with Crippen LogP contribution in [0.5, 0.6) is 17.2 Å². The van der Waals surface area contributed by atoms with Gasteiger partial charge in [-0.05, 0) is 68.1 Å². The molecule has 0 aromatic heterocycles. The highest BCUT2D eigenvalue weighted by Gasteiger charge is 2.50. The minimum Gasteiger partial charge on any atom is -0.504 e. The largest absolute Gasteiger partial charge is 0.504 e. The molecule has 0 bridgehead atoms. The summed E-state index contributed by atoms with van der Waals surface area (Å²) in [4.78, 5) is 52.7. The topological polar surface area (TPSA) is 243 Å². The highest BCUT2D eigenvalue weighted by Crippen LogP contribution is 2.47. The average molecular weight is 1020 g/mol. The highest BCUT2D eigenvalue weighted by atomic mass is 35.5. The zero-order valence-corrected chi connectivity index (χ0v) is 41.3. The van der Waals surface area contributed by atoms with Crippen LogP contribution in [0.2, 0.25) is 10.0 Å². The zero-order chi connectivity index (χ0) is 50.5. The van der Waals surface area contributed by atoms with Crippen LogP contribution in [0.25, 0.3) is 10.8 Å². The number of hydrogen-bond acceptors (Lipinski definition) is 13. The van der Waals surface area contributed by atoms with E-state index < -0.39 is 52.7 Å². The molecule has 6 N–H and O–H groups in total. The molecule has 5 aromatic carbocycles. The van der Waals surface area contributed by atoms with Crippen LogP contribution >= 0.6 is 23.2 Å². The third-order valence-electron chi connectivity index (χ3n) is 11.9. The van der Waals surface area contributed by atoms with Crippen LogP contribution in [0.1, 0.15) is 129 Å². The number of ketones is 1. The second-order valence-electron chi connectivity index (χ2n) is 17.4. The van der Waals surface area contributed by atoms with Gasteiger partial charge in [-0.3, -0.25) is 14.3 Å². The minimum atomic E-state index is -2.41. The fraction of sp³-hybridized carbons (Fsp3) is 0.373. The molecule has 2 unspecified atom stereocenters. The molecule has 0 spiro atoms. The Hall–Kier alpha value is -6.11. The molecule has 0 aliphatic heterocycles. The molecule has 1 saturated carbocycles. The molecule has 16 nitrogen and oxygen atoms in total. The summed E-state index contributed by atoms with van der Waals surface area (Å²) in [5, 5.41) is 51.7. The first-order valence-electron chi connectivity index (χ1n) is 23.0. The highest BCUT2D eigenvalue weighted by molar-refractivity contribution is 7.82. The lowest BCUT2D eigenvalue weighted by Gasteiger charge is -2.22. The number of phenols is 1. The van der Waals surface area contributed by atoms with Gasteiger partial charge in [0.1, 0.15) is 5.75 Å². The number of fused-ring (bicyclic) bond motifs is 1. The van der Waals surface area contributed by atoms with E-state index in [1.54, 1.807) is 44.2 Å². The van der Waals surface area contributed by atoms with Crippen molar-refractivity contribution in [3.63, 3.8) is 0 Å². The van der Waals surface area contributed by atoms with E-state index in [0.717, 1.165) is 25.3 Å². The second-order valence-corrected chi connectivity index (χ2v) is 19.1. The van der Waals surface area contributed by atoms with Gasteiger partial charge in [-0.15, -0.1) is 5.11 Å². The number of carbonyl (C=O) groups is 4. The first kappa shape index (κ1) is 53.2. The third-order valence-corrected chi connectivity index (χ3v) is 13.2. The number of unbranched alkanes of at least 4 members (excludes halogenated alkanes) is 9. The maximum absolute atomic E-state index is 14.0. The summed E-state index contributed by atoms with van der Waals surface area (Å²) in [6, 6.07) is 18.4. The summed E-state index contributed by atoms with van der Waals surface area (Å²) in [7, 11) is 0. The van der Waals surface area contributed by atoms with E-state index in [1.165, 1.54) is 81.0 Å². The van der Waals surface area contributed by atoms with Crippen molar-refractivity contribution < 1.29 is 57.5 Å². The molecular formula is C51H56Cl2N4O12S. The Labute approximate surface area is 418 Å². The van der Waals surface area contributed by atoms with E-state index in [2.05, 4.69) is 27.2 Å². The van der Waals surface area contributed by atoms with Crippen molar-refractivity contribution in [1.29, 1.82) is 0 Å². The predicted molar refractivity (Wildman–Crippen MR) is 268 cm³/mol. The van der Waals surface area contributed by atoms with Crippen LogP contribution in [-0.2, 0) is 25.6 Å². The van der Waals surface area contributed by atoms with Crippen molar-refractivity contribution in [2.75, 3.05) is 16.6 Å². The Bertz CT molecular complexity index is 2780. The van der Waals surface area contributed by atoms with Gasteiger partial charge in [0.25, 0.3) is 5.91 Å². The van der Waals surface area contributed by atoms with E-state index in [-0.39, 0.29) is 78.7 Å². The number of Topliss-reactive ketones (excluding diaryl/α,β-unsaturated/α-hetero) is 1. The molecule has 19 heteroatoms. The number of benzene rings is 5. The third kappa shape index (κ3) is 14.3. The first-order chi connectivity index (χ1) is 33.5. The molecule has 0 saturated heterocycles. The molecule has 1 aliphatic rings. The van der Waals surface area contributed by atoms with Crippen LogP contribution in [0.4, 0.5) is 22.7 Å². The average Bonchev–Trinajstić information content (AvgIpc) is 4.09. The summed E-state index contributed by atoms with van der Waals surface area (Å²) >= 11 is 10.5. The summed E-state index contributed by atoms with van der Waals surface area (Å²) in [5.74, 6) is -3.99. The number of carboxylic acid groups (broad SMARTS) is 1. The number of aliphatic hydroxyl groups is 2. The molecule has 5 aromatic rings. The van der Waals surface area contributed by atoms with Crippen LogP contribution in [-0.4, -0.2) is 61.0 Å². The number of hydrogen-bond donors (Lipinski definition) is 6. The molecule has 0 heterocycles. The lowest BCUT2D eigenvalue weighted by Crippen LogP contribution is -2.43. The number of nitrogens with one attached hydrogen (secondary N) is 2. The first-order valence-corrected chi connectivity index (χ1v) is 24.9. The van der Waals surface area contributed by atoms with Crippen LogP contribution in [0, 0.1) is 12.3 Å². The van der Waals surface area contributed by atoms with Gasteiger partial charge in [0, 0.05) is 33.9 Å². The van der Waals surface area contributed by atoms with Gasteiger partial charge in [0.05, 0.1) is 50.5 Å². The number of nitrogens with zero attached hydrogens (tertiary/aromatic N) is 2. The van der Waals surface area contributed by atoms with Gasteiger partial charge < -0.3 is 39.4 Å². The maximum Gasteiger partial charge on any atom is 0.339 e. The van der Waals surface area contributed by atoms with E-state index in [4.69, 9.17) is 36.9 Å². The Balaban J connectivity index is 1.14. The number of carboxylic acids is 1. The molecule has 372 valence electrons. The predicted octanol–water partition coefficient (Wildman–Crippen LogP) is 12.2. The Morgan fingerprint density at radius 2 is 1.49 bits per heavy atom. The smallest absolute Gasteiger partial charge is 0.339 e. The van der Waals surface area contributed by atoms with Gasteiger partial charge in [-0.2, -0.15) is 9.32 Å². The molecule has 1 aliphatic carbocycles. The van der Waals surface area contributed by atoms with Gasteiger partial charge in [-0.1, -0.05) is 125 Å². The number of esters is 1. The van der Waals surface area contributed by atoms with Crippen LogP contribution in [0.3, 0.4) is 0 Å². The van der Waals surface area contributed by atoms with Crippen LogP contribution < -0.4 is 19.0 Å². The van der Waals surface area contributed by atoms with E-state index >= 15 is 0 Å². The molecule has 0 radical (unpaired) electrons. The number of carbonyl (C=O) groups excluding carboxylic acids is 3. The van der Waals surface area contributed by atoms with Gasteiger partial charge in [0.15, 0.2) is 23.6 Å².